The Morgan fingerprint density at radius 1 is 1.15 bits per heavy atom. The van der Waals surface area contributed by atoms with Crippen molar-refractivity contribution in [1.29, 1.82) is 0 Å². The first-order valence-electron chi connectivity index (χ1n) is 8.39. The molecule has 1 saturated carbocycles. The summed E-state index contributed by atoms with van der Waals surface area (Å²) in [5.74, 6) is -4.77. The second-order valence-corrected chi connectivity index (χ2v) is 6.44. The minimum Gasteiger partial charge on any atom is -0.449 e. The summed E-state index contributed by atoms with van der Waals surface area (Å²) in [4.78, 5) is 24.6. The van der Waals surface area contributed by atoms with Crippen molar-refractivity contribution in [1.82, 2.24) is 4.57 Å². The topological polar surface area (TPSA) is 81.0 Å². The number of carboxylic acid groups (broad SMARTS) is 1. The van der Waals surface area contributed by atoms with Crippen molar-refractivity contribution in [3.05, 3.63) is 33.9 Å². The number of fused-ring (bicyclic) bond motifs is 1. The number of morpholine rings is 1. The molecule has 4 rings (SSSR count). The highest BCUT2D eigenvalue weighted by atomic mass is 19.2. The predicted molar refractivity (Wildman–Crippen MR) is 88.0 cm³/mol. The Hall–Kier alpha value is -2.75. The minimum atomic E-state index is -1.78. The van der Waals surface area contributed by atoms with E-state index in [0.29, 0.717) is 12.8 Å². The summed E-state index contributed by atoms with van der Waals surface area (Å²) in [6.07, 6.45) is 0.533. The molecule has 0 atom stereocenters. The molecular weight excluding hydrogens is 369 g/mol. The quantitative estimate of drug-likeness (QED) is 0.647. The van der Waals surface area contributed by atoms with Gasteiger partial charge in [-0.15, -0.1) is 0 Å². The monoisotopic (exact) mass is 384 g/mol. The molecule has 7 nitrogen and oxygen atoms in total. The third kappa shape index (κ3) is 2.89. The van der Waals surface area contributed by atoms with Crippen LogP contribution in [-0.4, -0.2) is 42.1 Å². The van der Waals surface area contributed by atoms with Gasteiger partial charge in [0.15, 0.2) is 23.2 Å². The molecule has 1 aromatic carbocycles. The summed E-state index contributed by atoms with van der Waals surface area (Å²) in [6.45, 7) is 0.817. The molecule has 0 amide bonds. The first-order valence-corrected chi connectivity index (χ1v) is 8.39. The van der Waals surface area contributed by atoms with Crippen molar-refractivity contribution < 1.29 is 32.5 Å². The van der Waals surface area contributed by atoms with Crippen molar-refractivity contribution >= 4 is 22.7 Å². The van der Waals surface area contributed by atoms with E-state index in [0.717, 1.165) is 6.20 Å². The summed E-state index contributed by atoms with van der Waals surface area (Å²) in [7, 11) is 0. The van der Waals surface area contributed by atoms with Gasteiger partial charge >= 0.3 is 6.16 Å². The molecule has 1 saturated heterocycles. The summed E-state index contributed by atoms with van der Waals surface area (Å²) < 4.78 is 55.6. The maximum Gasteiger partial charge on any atom is 0.511 e. The van der Waals surface area contributed by atoms with Gasteiger partial charge in [-0.25, -0.2) is 18.0 Å². The average molecular weight is 384 g/mol. The van der Waals surface area contributed by atoms with E-state index in [2.05, 4.69) is 4.74 Å². The van der Waals surface area contributed by atoms with E-state index < -0.39 is 45.9 Å². The van der Waals surface area contributed by atoms with Crippen LogP contribution >= 0.6 is 0 Å². The second kappa shape index (κ2) is 6.45. The molecule has 2 aromatic rings. The van der Waals surface area contributed by atoms with Crippen LogP contribution in [0.3, 0.4) is 0 Å². The van der Waals surface area contributed by atoms with Crippen molar-refractivity contribution in [2.75, 3.05) is 31.2 Å². The number of benzene rings is 1. The van der Waals surface area contributed by atoms with Gasteiger partial charge in [-0.2, -0.15) is 0 Å². The predicted octanol–water partition coefficient (Wildman–Crippen LogP) is 2.65. The molecule has 0 bridgehead atoms. The Labute approximate surface area is 150 Å². The largest absolute Gasteiger partial charge is 0.511 e. The zero-order chi connectivity index (χ0) is 19.3. The fraction of sp³-hybridized carbons (Fsp3) is 0.412. The van der Waals surface area contributed by atoms with E-state index in [1.165, 1.54) is 9.47 Å². The number of carbonyl (C=O) groups is 1. The summed E-state index contributed by atoms with van der Waals surface area (Å²) in [6, 6.07) is -0.249. The molecule has 2 aliphatic rings. The van der Waals surface area contributed by atoms with Crippen LogP contribution in [0.5, 0.6) is 5.75 Å². The van der Waals surface area contributed by atoms with Crippen molar-refractivity contribution in [2.45, 2.75) is 18.9 Å². The molecule has 10 heteroatoms. The Morgan fingerprint density at radius 2 is 1.81 bits per heavy atom. The van der Waals surface area contributed by atoms with Gasteiger partial charge in [0.2, 0.25) is 5.43 Å². The normalized spacial score (nSPS) is 17.4. The lowest BCUT2D eigenvalue weighted by molar-refractivity contribution is 0.122. The van der Waals surface area contributed by atoms with Crippen LogP contribution in [0.2, 0.25) is 0 Å². The van der Waals surface area contributed by atoms with E-state index in [9.17, 15) is 18.4 Å². The molecule has 1 aliphatic heterocycles. The molecule has 1 aromatic heterocycles. The number of rotatable bonds is 3. The highest BCUT2D eigenvalue weighted by Gasteiger charge is 2.33. The van der Waals surface area contributed by atoms with E-state index >= 15 is 4.39 Å². The number of anilines is 1. The summed E-state index contributed by atoms with van der Waals surface area (Å²) >= 11 is 0. The van der Waals surface area contributed by atoms with Crippen molar-refractivity contribution in [3.8, 4) is 5.75 Å². The molecule has 0 spiro atoms. The van der Waals surface area contributed by atoms with E-state index in [-0.39, 0.29) is 37.9 Å². The number of ether oxygens (including phenoxy) is 2. The lowest BCUT2D eigenvalue weighted by Crippen LogP contribution is -2.37. The Kier molecular flexibility index (Phi) is 4.22. The number of hydrogen-bond acceptors (Lipinski definition) is 5. The van der Waals surface area contributed by atoms with Gasteiger partial charge in [-0.3, -0.25) is 4.79 Å². The highest BCUT2D eigenvalue weighted by Crippen LogP contribution is 2.41. The Bertz CT molecular complexity index is 997. The molecule has 2 fully saturated rings. The Balaban J connectivity index is 2.04. The molecular formula is C17H15F3N2O5. The minimum absolute atomic E-state index is 0.173. The third-order valence-electron chi connectivity index (χ3n) is 4.70. The van der Waals surface area contributed by atoms with E-state index in [1.54, 1.807) is 0 Å². The molecule has 144 valence electrons. The summed E-state index contributed by atoms with van der Waals surface area (Å²) in [5.41, 5.74) is -2.15. The molecule has 1 aliphatic carbocycles. The number of pyridine rings is 1. The maximum absolute atomic E-state index is 15.3. The number of aromatic nitrogens is 1. The van der Waals surface area contributed by atoms with Gasteiger partial charge in [-0.1, -0.05) is 0 Å². The SMILES string of the molecule is O=C(O)Oc1cn(C2CC2)c2c(F)c(N3CCOCC3)c(F)c(F)c2c1=O. The van der Waals surface area contributed by atoms with Crippen LogP contribution in [0.25, 0.3) is 10.9 Å². The van der Waals surface area contributed by atoms with Crippen LogP contribution in [-0.2, 0) is 4.74 Å². The third-order valence-corrected chi connectivity index (χ3v) is 4.70. The maximum atomic E-state index is 15.3. The first-order chi connectivity index (χ1) is 12.9. The molecule has 0 unspecified atom stereocenters. The van der Waals surface area contributed by atoms with Crippen molar-refractivity contribution in [3.63, 3.8) is 0 Å². The zero-order valence-corrected chi connectivity index (χ0v) is 14.0. The van der Waals surface area contributed by atoms with Crippen LogP contribution in [0.4, 0.5) is 23.7 Å². The molecule has 1 N–H and O–H groups in total. The van der Waals surface area contributed by atoms with Crippen LogP contribution in [0.15, 0.2) is 11.0 Å². The molecule has 2 heterocycles. The lowest BCUT2D eigenvalue weighted by Gasteiger charge is -2.30. The van der Waals surface area contributed by atoms with Crippen LogP contribution < -0.4 is 15.1 Å². The van der Waals surface area contributed by atoms with E-state index in [1.807, 2.05) is 0 Å². The van der Waals surface area contributed by atoms with Gasteiger partial charge in [0.1, 0.15) is 5.69 Å². The van der Waals surface area contributed by atoms with Gasteiger partial charge in [-0.05, 0) is 12.8 Å². The summed E-state index contributed by atoms with van der Waals surface area (Å²) in [5, 5.41) is 7.92. The van der Waals surface area contributed by atoms with E-state index in [4.69, 9.17) is 9.84 Å². The molecule has 27 heavy (non-hydrogen) atoms. The standard InChI is InChI=1S/C17H15F3N2O5/c18-11-10-14(13(20)15(12(11)19)21-3-5-26-6-4-21)22(8-1-2-8)7-9(16(10)23)27-17(24)25/h7-8H,1-6H2,(H,24,25). The van der Waals surface area contributed by atoms with Crippen LogP contribution in [0, 0.1) is 17.5 Å². The first kappa shape index (κ1) is 17.7. The van der Waals surface area contributed by atoms with Crippen molar-refractivity contribution in [2.24, 2.45) is 0 Å². The second-order valence-electron chi connectivity index (χ2n) is 6.44. The number of hydrogen-bond donors (Lipinski definition) is 1. The van der Waals surface area contributed by atoms with Gasteiger partial charge in [0.25, 0.3) is 0 Å². The fourth-order valence-electron chi connectivity index (χ4n) is 3.33. The lowest BCUT2D eigenvalue weighted by atomic mass is 10.1. The Morgan fingerprint density at radius 3 is 2.41 bits per heavy atom. The fourth-order valence-corrected chi connectivity index (χ4v) is 3.33. The smallest absolute Gasteiger partial charge is 0.449 e. The van der Waals surface area contributed by atoms with Gasteiger partial charge in [0, 0.05) is 19.1 Å². The number of nitrogens with zero attached hydrogens (tertiary/aromatic N) is 2. The average Bonchev–Trinajstić information content (AvgIpc) is 3.47. The van der Waals surface area contributed by atoms with Crippen LogP contribution in [0.1, 0.15) is 18.9 Å². The number of halogens is 3. The molecule has 0 radical (unpaired) electrons. The zero-order valence-electron chi connectivity index (χ0n) is 14.0. The highest BCUT2D eigenvalue weighted by molar-refractivity contribution is 5.86. The van der Waals surface area contributed by atoms with Gasteiger partial charge in [0.05, 0.1) is 30.3 Å². The van der Waals surface area contributed by atoms with Gasteiger partial charge < -0.3 is 24.0 Å².